The molecule has 5 rings (SSSR count). The summed E-state index contributed by atoms with van der Waals surface area (Å²) in [4.78, 5) is 20.2. The van der Waals surface area contributed by atoms with Crippen molar-refractivity contribution in [2.45, 2.75) is 20.8 Å². The van der Waals surface area contributed by atoms with Crippen molar-refractivity contribution in [1.82, 2.24) is 19.7 Å². The number of H-pyrrole nitrogens is 1. The Kier molecular flexibility index (Phi) is 6.69. The molecule has 0 amide bonds. The van der Waals surface area contributed by atoms with Crippen LogP contribution in [0.5, 0.6) is 11.6 Å². The lowest BCUT2D eigenvalue weighted by Crippen LogP contribution is -2.09. The lowest BCUT2D eigenvalue weighted by molar-refractivity contribution is 0.103. The third kappa shape index (κ3) is 4.48. The quantitative estimate of drug-likeness (QED) is 0.219. The van der Waals surface area contributed by atoms with Crippen molar-refractivity contribution < 1.29 is 18.3 Å². The van der Waals surface area contributed by atoms with E-state index in [1.54, 1.807) is 25.1 Å². The van der Waals surface area contributed by atoms with Crippen LogP contribution in [0.25, 0.3) is 16.6 Å². The molecule has 0 fully saturated rings. The van der Waals surface area contributed by atoms with E-state index in [2.05, 4.69) is 15.1 Å². The van der Waals surface area contributed by atoms with Gasteiger partial charge >= 0.3 is 0 Å². The number of hydrogen-bond acceptors (Lipinski definition) is 6. The summed E-state index contributed by atoms with van der Waals surface area (Å²) in [7, 11) is 0. The highest BCUT2D eigenvalue weighted by atomic mass is 19.1. The Morgan fingerprint density at radius 3 is 2.50 bits per heavy atom. The van der Waals surface area contributed by atoms with Crippen LogP contribution in [0.4, 0.5) is 20.3 Å². The molecule has 0 bridgehead atoms. The number of aromatic nitrogens is 4. The number of ketones is 1. The normalized spacial score (nSPS) is 10.7. The van der Waals surface area contributed by atoms with Crippen LogP contribution in [0, 0.1) is 18.6 Å². The minimum atomic E-state index is -0.566. The Hall–Kier alpha value is -4.73. The molecule has 184 valence electrons. The molecule has 8 nitrogen and oxygen atoms in total. The van der Waals surface area contributed by atoms with Gasteiger partial charge in [-0.2, -0.15) is 5.10 Å². The third-order valence-corrected chi connectivity index (χ3v) is 5.37. The number of benzene rings is 2. The highest BCUT2D eigenvalue weighted by Gasteiger charge is 2.21. The molecule has 36 heavy (non-hydrogen) atoms. The molecule has 0 saturated heterocycles. The number of fused-ring (bicyclic) bond motifs is 1. The van der Waals surface area contributed by atoms with Gasteiger partial charge < -0.3 is 21.2 Å². The van der Waals surface area contributed by atoms with E-state index in [-0.39, 0.29) is 34.4 Å². The molecule has 3 aromatic heterocycles. The molecular formula is C26H24F2N6O2. The van der Waals surface area contributed by atoms with Gasteiger partial charge in [-0.15, -0.1) is 0 Å². The van der Waals surface area contributed by atoms with Crippen LogP contribution in [-0.2, 0) is 0 Å². The lowest BCUT2D eigenvalue weighted by atomic mass is 10.1. The minimum Gasteiger partial charge on any atom is -0.436 e. The van der Waals surface area contributed by atoms with Crippen LogP contribution in [0.2, 0.25) is 0 Å². The summed E-state index contributed by atoms with van der Waals surface area (Å²) in [5.41, 5.74) is 13.9. The average Bonchev–Trinajstić information content (AvgIpc) is 3.45. The van der Waals surface area contributed by atoms with Gasteiger partial charge in [-0.1, -0.05) is 26.0 Å². The zero-order chi connectivity index (χ0) is 26.0. The fraction of sp³-hybridized carbons (Fsp3) is 0.115. The second-order valence-electron chi connectivity index (χ2n) is 7.67. The fourth-order valence-electron chi connectivity index (χ4n) is 3.60. The summed E-state index contributed by atoms with van der Waals surface area (Å²) in [6.07, 6.45) is 2.82. The SMILES string of the molecule is CC.Cc1cc(Oc2ccccc2F)ncc1-n1ncc(C(=O)c2cc3cc(F)c(N)cc3[nH]2)c1N. The maximum atomic E-state index is 13.9. The number of halogens is 2. The Balaban J connectivity index is 0.00000148. The zero-order valence-electron chi connectivity index (χ0n) is 19.8. The number of para-hydroxylation sites is 1. The van der Waals surface area contributed by atoms with Crippen LogP contribution in [0.3, 0.4) is 0 Å². The lowest BCUT2D eigenvalue weighted by Gasteiger charge is -2.11. The number of aromatic amines is 1. The second-order valence-corrected chi connectivity index (χ2v) is 7.67. The van der Waals surface area contributed by atoms with Crippen molar-refractivity contribution in [3.05, 3.63) is 89.4 Å². The molecule has 0 atom stereocenters. The summed E-state index contributed by atoms with van der Waals surface area (Å²) in [6.45, 7) is 5.78. The number of nitrogen functional groups attached to an aromatic ring is 2. The summed E-state index contributed by atoms with van der Waals surface area (Å²) >= 11 is 0. The van der Waals surface area contributed by atoms with Gasteiger partial charge in [0, 0.05) is 17.0 Å². The first-order chi connectivity index (χ1) is 17.3. The Morgan fingerprint density at radius 2 is 1.78 bits per heavy atom. The van der Waals surface area contributed by atoms with Crippen LogP contribution >= 0.6 is 0 Å². The van der Waals surface area contributed by atoms with Gasteiger partial charge in [0.15, 0.2) is 11.6 Å². The van der Waals surface area contributed by atoms with Crippen molar-refractivity contribution in [2.24, 2.45) is 0 Å². The van der Waals surface area contributed by atoms with E-state index in [1.165, 1.54) is 47.4 Å². The van der Waals surface area contributed by atoms with Gasteiger partial charge in [-0.3, -0.25) is 4.79 Å². The molecule has 3 heterocycles. The number of anilines is 2. The number of rotatable bonds is 5. The van der Waals surface area contributed by atoms with Crippen LogP contribution in [-0.4, -0.2) is 25.5 Å². The third-order valence-electron chi connectivity index (χ3n) is 5.37. The zero-order valence-corrected chi connectivity index (χ0v) is 19.8. The number of pyridine rings is 1. The number of aryl methyl sites for hydroxylation is 1. The number of nitrogens with two attached hydrogens (primary N) is 2. The van der Waals surface area contributed by atoms with Crippen molar-refractivity contribution in [2.75, 3.05) is 11.5 Å². The van der Waals surface area contributed by atoms with Crippen LogP contribution < -0.4 is 16.2 Å². The number of hydrogen-bond donors (Lipinski definition) is 3. The van der Waals surface area contributed by atoms with Gasteiger partial charge in [0.05, 0.1) is 35.0 Å². The van der Waals surface area contributed by atoms with Gasteiger partial charge in [-0.05, 0) is 42.8 Å². The molecule has 5 N–H and O–H groups in total. The first kappa shape index (κ1) is 24.4. The second kappa shape index (κ2) is 9.87. The average molecular weight is 491 g/mol. The summed E-state index contributed by atoms with van der Waals surface area (Å²) < 4.78 is 34.5. The van der Waals surface area contributed by atoms with E-state index >= 15 is 0 Å². The van der Waals surface area contributed by atoms with Crippen molar-refractivity contribution in [1.29, 1.82) is 0 Å². The molecule has 0 aliphatic carbocycles. The molecule has 5 aromatic rings. The van der Waals surface area contributed by atoms with Crippen molar-refractivity contribution in [3.8, 4) is 17.3 Å². The highest BCUT2D eigenvalue weighted by Crippen LogP contribution is 2.28. The first-order valence-corrected chi connectivity index (χ1v) is 11.2. The van der Waals surface area contributed by atoms with Gasteiger partial charge in [-0.25, -0.2) is 18.4 Å². The monoisotopic (exact) mass is 490 g/mol. The summed E-state index contributed by atoms with van der Waals surface area (Å²) in [5, 5.41) is 4.75. The standard InChI is InChI=1S/C24H18F2N6O2.C2H6/c1-12-6-22(34-21-5-3-2-4-15(21)25)29-11-20(12)32-24(28)14(10-30-32)23(33)19-8-13-7-16(26)17(27)9-18(13)31-19;1-2/h2-11,31H,27-28H2,1H3;1-2H3. The molecule has 0 unspecified atom stereocenters. The van der Waals surface area contributed by atoms with E-state index in [1.807, 2.05) is 13.8 Å². The predicted molar refractivity (Wildman–Crippen MR) is 134 cm³/mol. The van der Waals surface area contributed by atoms with Gasteiger partial charge in [0.25, 0.3) is 0 Å². The molecule has 0 radical (unpaired) electrons. The Morgan fingerprint density at radius 1 is 1.03 bits per heavy atom. The van der Waals surface area contributed by atoms with E-state index in [4.69, 9.17) is 16.2 Å². The topological polar surface area (TPSA) is 125 Å². The molecule has 2 aromatic carbocycles. The number of nitrogens with zero attached hydrogens (tertiary/aromatic N) is 3. The van der Waals surface area contributed by atoms with E-state index < -0.39 is 17.4 Å². The largest absolute Gasteiger partial charge is 0.436 e. The number of carbonyl (C=O) groups excluding carboxylic acids is 1. The molecule has 10 heteroatoms. The van der Waals surface area contributed by atoms with Crippen molar-refractivity contribution >= 4 is 28.2 Å². The number of ether oxygens (including phenoxy) is 1. The predicted octanol–water partition coefficient (Wildman–Crippen LogP) is 5.55. The van der Waals surface area contributed by atoms with E-state index in [0.29, 0.717) is 22.2 Å². The van der Waals surface area contributed by atoms with Gasteiger partial charge in [0.1, 0.15) is 11.6 Å². The van der Waals surface area contributed by atoms with Crippen LogP contribution in [0.1, 0.15) is 35.5 Å². The molecular weight excluding hydrogens is 466 g/mol. The smallest absolute Gasteiger partial charge is 0.219 e. The molecule has 0 aliphatic heterocycles. The number of carbonyl (C=O) groups is 1. The van der Waals surface area contributed by atoms with E-state index in [9.17, 15) is 13.6 Å². The van der Waals surface area contributed by atoms with E-state index in [0.717, 1.165) is 0 Å². The minimum absolute atomic E-state index is 0.0221. The molecule has 0 saturated carbocycles. The maximum absolute atomic E-state index is 13.9. The summed E-state index contributed by atoms with van der Waals surface area (Å²) in [5.74, 6) is -1.14. The van der Waals surface area contributed by atoms with Crippen LogP contribution in [0.15, 0.2) is 60.9 Å². The Labute approximate surface area is 205 Å². The first-order valence-electron chi connectivity index (χ1n) is 11.2. The maximum Gasteiger partial charge on any atom is 0.219 e. The highest BCUT2D eigenvalue weighted by molar-refractivity contribution is 6.12. The van der Waals surface area contributed by atoms with Gasteiger partial charge in [0.2, 0.25) is 11.7 Å². The fourth-order valence-corrected chi connectivity index (χ4v) is 3.60. The molecule has 0 spiro atoms. The molecule has 0 aliphatic rings. The summed E-state index contributed by atoms with van der Waals surface area (Å²) in [6, 6.07) is 11.8. The number of nitrogens with one attached hydrogen (secondary N) is 1. The Bertz CT molecular complexity index is 1540. The van der Waals surface area contributed by atoms with Crippen molar-refractivity contribution in [3.63, 3.8) is 0 Å².